The lowest BCUT2D eigenvalue weighted by molar-refractivity contribution is 0.110. The van der Waals surface area contributed by atoms with Gasteiger partial charge in [0.1, 0.15) is 0 Å². The van der Waals surface area contributed by atoms with Crippen molar-refractivity contribution in [2.24, 2.45) is 4.99 Å². The maximum atomic E-state index is 9.27. The molecular weight excluding hydrogens is 186 g/mol. The summed E-state index contributed by atoms with van der Waals surface area (Å²) in [6, 6.07) is 0. The molecule has 1 saturated heterocycles. The fraction of sp³-hybridized carbons (Fsp3) is 0.750. The standard InChI is InChI=1S/C8H13N3OS/c1-13-8(10-6-9)11-4-2-7(12)3-5-11/h7,12H,2-5H2,1H3. The van der Waals surface area contributed by atoms with Crippen LogP contribution in [0.2, 0.25) is 0 Å². The van der Waals surface area contributed by atoms with Gasteiger partial charge in [0.25, 0.3) is 0 Å². The Labute approximate surface area is 82.3 Å². The second-order valence-electron chi connectivity index (χ2n) is 2.92. The molecule has 0 aliphatic carbocycles. The third-order valence-corrected chi connectivity index (χ3v) is 2.78. The molecule has 1 rings (SSSR count). The van der Waals surface area contributed by atoms with E-state index in [1.165, 1.54) is 11.8 Å². The zero-order chi connectivity index (χ0) is 9.68. The van der Waals surface area contributed by atoms with Gasteiger partial charge in [-0.1, -0.05) is 11.8 Å². The topological polar surface area (TPSA) is 59.6 Å². The summed E-state index contributed by atoms with van der Waals surface area (Å²) in [7, 11) is 0. The van der Waals surface area contributed by atoms with Crippen LogP contribution in [-0.2, 0) is 0 Å². The minimum absolute atomic E-state index is 0.179. The maximum absolute atomic E-state index is 9.27. The van der Waals surface area contributed by atoms with E-state index in [2.05, 4.69) is 4.99 Å². The van der Waals surface area contributed by atoms with Gasteiger partial charge < -0.3 is 10.0 Å². The van der Waals surface area contributed by atoms with E-state index < -0.39 is 0 Å². The fourth-order valence-electron chi connectivity index (χ4n) is 1.35. The van der Waals surface area contributed by atoms with Gasteiger partial charge in [0.2, 0.25) is 6.19 Å². The Morgan fingerprint density at radius 2 is 2.23 bits per heavy atom. The highest BCUT2D eigenvalue weighted by molar-refractivity contribution is 8.13. The van der Waals surface area contributed by atoms with E-state index in [9.17, 15) is 5.11 Å². The summed E-state index contributed by atoms with van der Waals surface area (Å²) in [4.78, 5) is 5.76. The molecule has 0 spiro atoms. The molecule has 0 amide bonds. The fourth-order valence-corrected chi connectivity index (χ4v) is 1.92. The predicted octanol–water partition coefficient (Wildman–Crippen LogP) is 0.643. The molecule has 1 aliphatic rings. The number of rotatable bonds is 0. The number of piperidine rings is 1. The van der Waals surface area contributed by atoms with Crippen molar-refractivity contribution < 1.29 is 5.11 Å². The minimum Gasteiger partial charge on any atom is -0.393 e. The third-order valence-electron chi connectivity index (χ3n) is 2.06. The van der Waals surface area contributed by atoms with E-state index in [4.69, 9.17) is 5.26 Å². The largest absolute Gasteiger partial charge is 0.393 e. The number of amidine groups is 1. The Balaban J connectivity index is 2.52. The minimum atomic E-state index is -0.179. The smallest absolute Gasteiger partial charge is 0.208 e. The van der Waals surface area contributed by atoms with Crippen molar-refractivity contribution in [3.63, 3.8) is 0 Å². The van der Waals surface area contributed by atoms with Crippen LogP contribution in [0.4, 0.5) is 0 Å². The molecule has 0 radical (unpaired) electrons. The zero-order valence-electron chi connectivity index (χ0n) is 7.60. The lowest BCUT2D eigenvalue weighted by Gasteiger charge is -2.30. The Morgan fingerprint density at radius 3 is 2.69 bits per heavy atom. The summed E-state index contributed by atoms with van der Waals surface area (Å²) in [6.07, 6.45) is 5.05. The van der Waals surface area contributed by atoms with Gasteiger partial charge in [-0.15, -0.1) is 4.99 Å². The second-order valence-corrected chi connectivity index (χ2v) is 3.69. The van der Waals surface area contributed by atoms with Gasteiger partial charge in [0.15, 0.2) is 5.17 Å². The molecule has 72 valence electrons. The first-order valence-electron chi connectivity index (χ1n) is 4.21. The van der Waals surface area contributed by atoms with Crippen molar-refractivity contribution >= 4 is 16.9 Å². The van der Waals surface area contributed by atoms with Gasteiger partial charge in [0, 0.05) is 13.1 Å². The summed E-state index contributed by atoms with van der Waals surface area (Å²) < 4.78 is 0. The van der Waals surface area contributed by atoms with Gasteiger partial charge in [0.05, 0.1) is 6.10 Å². The number of aliphatic hydroxyl groups excluding tert-OH is 1. The number of hydrogen-bond donors (Lipinski definition) is 1. The highest BCUT2D eigenvalue weighted by Gasteiger charge is 2.19. The molecule has 0 aromatic rings. The van der Waals surface area contributed by atoms with Crippen molar-refractivity contribution in [3.8, 4) is 6.19 Å². The molecule has 1 heterocycles. The molecule has 0 aromatic carbocycles. The first kappa shape index (κ1) is 10.4. The molecular formula is C8H13N3OS. The van der Waals surface area contributed by atoms with E-state index in [-0.39, 0.29) is 6.10 Å². The molecule has 1 N–H and O–H groups in total. The van der Waals surface area contributed by atoms with E-state index in [1.54, 1.807) is 6.19 Å². The lowest BCUT2D eigenvalue weighted by atomic mass is 10.1. The van der Waals surface area contributed by atoms with E-state index >= 15 is 0 Å². The molecule has 4 nitrogen and oxygen atoms in total. The first-order chi connectivity index (χ1) is 6.27. The second kappa shape index (κ2) is 5.10. The molecule has 1 fully saturated rings. The first-order valence-corrected chi connectivity index (χ1v) is 5.44. The van der Waals surface area contributed by atoms with Crippen molar-refractivity contribution in [1.29, 1.82) is 5.26 Å². The Bertz CT molecular complexity index is 228. The predicted molar refractivity (Wildman–Crippen MR) is 53.4 cm³/mol. The molecule has 0 atom stereocenters. The van der Waals surface area contributed by atoms with Crippen LogP contribution in [0.1, 0.15) is 12.8 Å². The molecule has 5 heteroatoms. The van der Waals surface area contributed by atoms with Gasteiger partial charge in [-0.3, -0.25) is 0 Å². The molecule has 0 unspecified atom stereocenters. The van der Waals surface area contributed by atoms with E-state index in [0.29, 0.717) is 0 Å². The summed E-state index contributed by atoms with van der Waals surface area (Å²) in [5, 5.41) is 18.5. The van der Waals surface area contributed by atoms with Crippen molar-refractivity contribution in [2.75, 3.05) is 19.3 Å². The van der Waals surface area contributed by atoms with Gasteiger partial charge in [-0.25, -0.2) is 0 Å². The van der Waals surface area contributed by atoms with Gasteiger partial charge in [-0.05, 0) is 19.1 Å². The Kier molecular flexibility index (Phi) is 4.06. The summed E-state index contributed by atoms with van der Waals surface area (Å²) in [6.45, 7) is 1.59. The summed E-state index contributed by atoms with van der Waals surface area (Å²) in [5.74, 6) is 0. The number of aliphatic imine (C=N–C) groups is 1. The lowest BCUT2D eigenvalue weighted by Crippen LogP contribution is -2.38. The van der Waals surface area contributed by atoms with Crippen LogP contribution < -0.4 is 0 Å². The molecule has 0 aromatic heterocycles. The number of likely N-dealkylation sites (tertiary alicyclic amines) is 1. The van der Waals surface area contributed by atoms with Gasteiger partial charge in [-0.2, -0.15) is 5.26 Å². The molecule has 0 saturated carbocycles. The highest BCUT2D eigenvalue weighted by Crippen LogP contribution is 2.14. The van der Waals surface area contributed by atoms with E-state index in [1.807, 2.05) is 11.2 Å². The number of aliphatic hydroxyl groups is 1. The third kappa shape index (κ3) is 2.90. The van der Waals surface area contributed by atoms with Crippen LogP contribution in [0, 0.1) is 11.5 Å². The Morgan fingerprint density at radius 1 is 1.62 bits per heavy atom. The van der Waals surface area contributed by atoms with Crippen LogP contribution in [0.5, 0.6) is 0 Å². The zero-order valence-corrected chi connectivity index (χ0v) is 8.42. The molecule has 13 heavy (non-hydrogen) atoms. The monoisotopic (exact) mass is 199 g/mol. The van der Waals surface area contributed by atoms with E-state index in [0.717, 1.165) is 31.1 Å². The molecule has 1 aliphatic heterocycles. The number of thioether (sulfide) groups is 1. The van der Waals surface area contributed by atoms with Crippen LogP contribution in [0.3, 0.4) is 0 Å². The normalized spacial score (nSPS) is 20.1. The van der Waals surface area contributed by atoms with Crippen LogP contribution in [0.15, 0.2) is 4.99 Å². The quantitative estimate of drug-likeness (QED) is 0.353. The summed E-state index contributed by atoms with van der Waals surface area (Å²) in [5.41, 5.74) is 0. The van der Waals surface area contributed by atoms with Crippen molar-refractivity contribution in [3.05, 3.63) is 0 Å². The average Bonchev–Trinajstić information content (AvgIpc) is 2.16. The SMILES string of the molecule is CSC(=NC#N)N1CCC(O)CC1. The van der Waals surface area contributed by atoms with Crippen molar-refractivity contribution in [2.45, 2.75) is 18.9 Å². The van der Waals surface area contributed by atoms with Gasteiger partial charge >= 0.3 is 0 Å². The number of nitriles is 1. The van der Waals surface area contributed by atoms with Crippen molar-refractivity contribution in [1.82, 2.24) is 4.90 Å². The van der Waals surface area contributed by atoms with Crippen LogP contribution in [0.25, 0.3) is 0 Å². The Hall–Kier alpha value is -0.730. The summed E-state index contributed by atoms with van der Waals surface area (Å²) >= 11 is 1.47. The highest BCUT2D eigenvalue weighted by atomic mass is 32.2. The number of nitrogens with zero attached hydrogens (tertiary/aromatic N) is 3. The van der Waals surface area contributed by atoms with Crippen LogP contribution in [-0.4, -0.2) is 40.6 Å². The average molecular weight is 199 g/mol. The number of hydrogen-bond acceptors (Lipinski definition) is 4. The maximum Gasteiger partial charge on any atom is 0.208 e. The van der Waals surface area contributed by atoms with Crippen LogP contribution >= 0.6 is 11.8 Å². The molecule has 0 bridgehead atoms.